The lowest BCUT2D eigenvalue weighted by Gasteiger charge is -2.17. The molecule has 0 aliphatic heterocycles. The SMILES string of the molecule is CC(C)S(=O)(=O)CCN(C)Cc1cccc(C#N)c1. The van der Waals surface area contributed by atoms with Gasteiger partial charge in [-0.1, -0.05) is 12.1 Å². The maximum absolute atomic E-state index is 11.7. The van der Waals surface area contributed by atoms with Crippen molar-refractivity contribution in [2.75, 3.05) is 19.3 Å². The quantitative estimate of drug-likeness (QED) is 0.797. The van der Waals surface area contributed by atoms with E-state index in [4.69, 9.17) is 5.26 Å². The van der Waals surface area contributed by atoms with E-state index in [0.29, 0.717) is 18.7 Å². The molecule has 19 heavy (non-hydrogen) atoms. The van der Waals surface area contributed by atoms with Gasteiger partial charge in [0, 0.05) is 13.1 Å². The van der Waals surface area contributed by atoms with Crippen molar-refractivity contribution < 1.29 is 8.42 Å². The van der Waals surface area contributed by atoms with E-state index in [1.165, 1.54) is 0 Å². The molecule has 0 aliphatic rings. The second kappa shape index (κ2) is 6.69. The Morgan fingerprint density at radius 3 is 2.63 bits per heavy atom. The molecule has 1 rings (SSSR count). The predicted molar refractivity (Wildman–Crippen MR) is 76.4 cm³/mol. The first-order valence-corrected chi connectivity index (χ1v) is 7.96. The molecule has 0 aliphatic carbocycles. The minimum absolute atomic E-state index is 0.166. The molecular formula is C14H20N2O2S. The zero-order chi connectivity index (χ0) is 14.5. The van der Waals surface area contributed by atoms with Crippen LogP contribution in [0.1, 0.15) is 25.0 Å². The molecule has 4 nitrogen and oxygen atoms in total. The zero-order valence-corrected chi connectivity index (χ0v) is 12.4. The number of hydrogen-bond donors (Lipinski definition) is 0. The van der Waals surface area contributed by atoms with Gasteiger partial charge in [0.1, 0.15) is 0 Å². The first-order chi connectivity index (χ1) is 8.85. The molecule has 0 radical (unpaired) electrons. The highest BCUT2D eigenvalue weighted by Crippen LogP contribution is 2.08. The topological polar surface area (TPSA) is 61.2 Å². The van der Waals surface area contributed by atoms with Crippen LogP contribution in [0.2, 0.25) is 0 Å². The van der Waals surface area contributed by atoms with Gasteiger partial charge in [-0.25, -0.2) is 8.42 Å². The Bertz CT molecular complexity index is 559. The molecule has 0 heterocycles. The lowest BCUT2D eigenvalue weighted by Crippen LogP contribution is -2.28. The normalized spacial score (nSPS) is 11.8. The van der Waals surface area contributed by atoms with Crippen molar-refractivity contribution in [3.8, 4) is 6.07 Å². The average molecular weight is 280 g/mol. The maximum Gasteiger partial charge on any atom is 0.153 e. The summed E-state index contributed by atoms with van der Waals surface area (Å²) in [6.45, 7) is 4.54. The molecule has 5 heteroatoms. The fraction of sp³-hybridized carbons (Fsp3) is 0.500. The molecule has 0 N–H and O–H groups in total. The minimum Gasteiger partial charge on any atom is -0.301 e. The first kappa shape index (κ1) is 15.7. The third kappa shape index (κ3) is 5.01. The van der Waals surface area contributed by atoms with Gasteiger partial charge in [0.15, 0.2) is 9.84 Å². The largest absolute Gasteiger partial charge is 0.301 e. The van der Waals surface area contributed by atoms with E-state index in [1.807, 2.05) is 30.1 Å². The molecule has 0 aromatic heterocycles. The molecule has 1 aromatic carbocycles. The third-order valence-electron chi connectivity index (χ3n) is 2.98. The summed E-state index contributed by atoms with van der Waals surface area (Å²) in [4.78, 5) is 1.95. The summed E-state index contributed by atoms with van der Waals surface area (Å²) in [5.41, 5.74) is 1.64. The Morgan fingerprint density at radius 1 is 1.37 bits per heavy atom. The highest BCUT2D eigenvalue weighted by molar-refractivity contribution is 7.92. The van der Waals surface area contributed by atoms with Crippen LogP contribution in [0.5, 0.6) is 0 Å². The molecular weight excluding hydrogens is 260 g/mol. The number of hydrogen-bond acceptors (Lipinski definition) is 4. The van der Waals surface area contributed by atoms with E-state index in [1.54, 1.807) is 19.9 Å². The highest BCUT2D eigenvalue weighted by atomic mass is 32.2. The van der Waals surface area contributed by atoms with Crippen molar-refractivity contribution in [3.05, 3.63) is 35.4 Å². The average Bonchev–Trinajstić information content (AvgIpc) is 2.36. The summed E-state index contributed by atoms with van der Waals surface area (Å²) in [5.74, 6) is 0.166. The summed E-state index contributed by atoms with van der Waals surface area (Å²) < 4.78 is 23.4. The Balaban J connectivity index is 2.56. The first-order valence-electron chi connectivity index (χ1n) is 6.24. The number of sulfone groups is 1. The van der Waals surface area contributed by atoms with Gasteiger partial charge in [-0.2, -0.15) is 5.26 Å². The highest BCUT2D eigenvalue weighted by Gasteiger charge is 2.16. The lowest BCUT2D eigenvalue weighted by atomic mass is 10.1. The van der Waals surface area contributed by atoms with Crippen LogP contribution in [0.4, 0.5) is 0 Å². The standard InChI is InChI=1S/C14H20N2O2S/c1-12(2)19(17,18)8-7-16(3)11-14-6-4-5-13(9-14)10-15/h4-6,9,12H,7-8,11H2,1-3H3. The van der Waals surface area contributed by atoms with Crippen molar-refractivity contribution in [2.24, 2.45) is 0 Å². The van der Waals surface area contributed by atoms with Gasteiger partial charge in [-0.15, -0.1) is 0 Å². The molecule has 0 saturated heterocycles. The molecule has 104 valence electrons. The van der Waals surface area contributed by atoms with E-state index in [2.05, 4.69) is 6.07 Å². The molecule has 0 atom stereocenters. The van der Waals surface area contributed by atoms with E-state index >= 15 is 0 Å². The van der Waals surface area contributed by atoms with Crippen molar-refractivity contribution in [3.63, 3.8) is 0 Å². The fourth-order valence-corrected chi connectivity index (χ4v) is 2.69. The van der Waals surface area contributed by atoms with Gasteiger partial charge in [0.05, 0.1) is 22.6 Å². The monoisotopic (exact) mass is 280 g/mol. The minimum atomic E-state index is -2.99. The van der Waals surface area contributed by atoms with Gasteiger partial charge in [-0.05, 0) is 38.6 Å². The number of nitriles is 1. The third-order valence-corrected chi connectivity index (χ3v) is 5.17. The van der Waals surface area contributed by atoms with Crippen LogP contribution in [0.25, 0.3) is 0 Å². The van der Waals surface area contributed by atoms with Crippen LogP contribution in [0, 0.1) is 11.3 Å². The van der Waals surface area contributed by atoms with Crippen LogP contribution < -0.4 is 0 Å². The fourth-order valence-electron chi connectivity index (χ4n) is 1.65. The van der Waals surface area contributed by atoms with Crippen LogP contribution in [-0.4, -0.2) is 37.9 Å². The smallest absolute Gasteiger partial charge is 0.153 e. The van der Waals surface area contributed by atoms with Crippen molar-refractivity contribution in [1.82, 2.24) is 4.90 Å². The molecule has 0 spiro atoms. The van der Waals surface area contributed by atoms with Crippen LogP contribution in [-0.2, 0) is 16.4 Å². The maximum atomic E-state index is 11.7. The predicted octanol–water partition coefficient (Wildman–Crippen LogP) is 1.81. The zero-order valence-electron chi connectivity index (χ0n) is 11.6. The molecule has 0 fully saturated rings. The van der Waals surface area contributed by atoms with Gasteiger partial charge in [0.25, 0.3) is 0 Å². The van der Waals surface area contributed by atoms with Crippen molar-refractivity contribution in [1.29, 1.82) is 5.26 Å². The Labute approximate surface area is 115 Å². The van der Waals surface area contributed by atoms with Gasteiger partial charge < -0.3 is 4.90 Å². The number of nitrogens with zero attached hydrogens (tertiary/aromatic N) is 2. The van der Waals surface area contributed by atoms with Crippen LogP contribution in [0.3, 0.4) is 0 Å². The van der Waals surface area contributed by atoms with Crippen molar-refractivity contribution in [2.45, 2.75) is 25.6 Å². The second-order valence-corrected chi connectivity index (χ2v) is 7.64. The molecule has 0 saturated carbocycles. The molecule has 0 bridgehead atoms. The van der Waals surface area contributed by atoms with Crippen LogP contribution in [0.15, 0.2) is 24.3 Å². The van der Waals surface area contributed by atoms with Crippen molar-refractivity contribution >= 4 is 9.84 Å². The van der Waals surface area contributed by atoms with Gasteiger partial charge in [0.2, 0.25) is 0 Å². The summed E-state index contributed by atoms with van der Waals surface area (Å²) in [6, 6.07) is 9.46. The van der Waals surface area contributed by atoms with E-state index < -0.39 is 9.84 Å². The number of benzene rings is 1. The van der Waals surface area contributed by atoms with Crippen LogP contribution >= 0.6 is 0 Å². The lowest BCUT2D eigenvalue weighted by molar-refractivity contribution is 0.346. The van der Waals surface area contributed by atoms with E-state index in [-0.39, 0.29) is 11.0 Å². The summed E-state index contributed by atoms with van der Waals surface area (Å²) in [6.07, 6.45) is 0. The second-order valence-electron chi connectivity index (χ2n) is 4.97. The summed E-state index contributed by atoms with van der Waals surface area (Å²) >= 11 is 0. The van der Waals surface area contributed by atoms with E-state index in [9.17, 15) is 8.42 Å². The molecule has 1 aromatic rings. The van der Waals surface area contributed by atoms with Gasteiger partial charge >= 0.3 is 0 Å². The summed E-state index contributed by atoms with van der Waals surface area (Å²) in [5, 5.41) is 8.49. The van der Waals surface area contributed by atoms with Gasteiger partial charge in [-0.3, -0.25) is 0 Å². The molecule has 0 unspecified atom stereocenters. The van der Waals surface area contributed by atoms with E-state index in [0.717, 1.165) is 5.56 Å². The Hall–Kier alpha value is -1.38. The summed E-state index contributed by atoms with van der Waals surface area (Å²) in [7, 11) is -1.11. The molecule has 0 amide bonds. The Kier molecular flexibility index (Phi) is 5.52. The Morgan fingerprint density at radius 2 is 2.05 bits per heavy atom. The number of rotatable bonds is 6.